The van der Waals surface area contributed by atoms with Gasteiger partial charge in [0.2, 0.25) is 11.8 Å². The van der Waals surface area contributed by atoms with Gasteiger partial charge in [-0.15, -0.1) is 11.8 Å². The molecule has 4 N–H and O–H groups in total. The van der Waals surface area contributed by atoms with Gasteiger partial charge >= 0.3 is 12.1 Å². The molecule has 2 saturated heterocycles. The molecule has 0 aromatic carbocycles. The van der Waals surface area contributed by atoms with Crippen LogP contribution in [-0.4, -0.2) is 80.5 Å². The fraction of sp³-hybridized carbons (Fsp3) is 0.545. The summed E-state index contributed by atoms with van der Waals surface area (Å²) in [5, 5.41) is 19.6. The van der Waals surface area contributed by atoms with Crippen molar-refractivity contribution in [2.75, 3.05) is 13.2 Å². The molecule has 11 heteroatoms. The number of nitrogens with two attached hydrogens (primary N) is 1. The highest BCUT2D eigenvalue weighted by Gasteiger charge is 2.60. The van der Waals surface area contributed by atoms with Gasteiger partial charge in [0.05, 0.1) is 24.1 Å². The number of carbonyl (C=O) groups is 4. The van der Waals surface area contributed by atoms with Crippen molar-refractivity contribution in [2.45, 2.75) is 50.6 Å². The third-order valence-corrected chi connectivity index (χ3v) is 7.79. The van der Waals surface area contributed by atoms with Gasteiger partial charge in [0, 0.05) is 28.2 Å². The Morgan fingerprint density at radius 2 is 2.06 bits per heavy atom. The van der Waals surface area contributed by atoms with Crippen molar-refractivity contribution in [1.82, 2.24) is 9.80 Å². The number of carboxylic acids is 1. The number of β-lactam (4-membered cyclic amide) rings is 1. The molecule has 0 aromatic rings. The van der Waals surface area contributed by atoms with E-state index in [0.29, 0.717) is 16.9 Å². The molecule has 3 rings (SSSR count). The Kier molecular flexibility index (Phi) is 7.23. The standard InChI is InChI=1S/C22H29N3O7S/c1-5-6-32-22(31)24-9-14(8-13(24)7-10(2)19(23)27)33-18-11(3)16-15(12(4)26)20(28)25(16)17(18)21(29)30/h5,7,11-16,26H,1,6,8-9H2,2-4H3,(H2,23,27)(H,29,30)/b10-7+/t11-,12-,13-,14+,15-,16-/m1/s1. The number of likely N-dealkylation sites (tertiary alicyclic amines) is 1. The zero-order valence-electron chi connectivity index (χ0n) is 18.8. The molecular formula is C22H29N3O7S. The number of primary amides is 1. The second kappa shape index (κ2) is 9.60. The van der Waals surface area contributed by atoms with Crippen molar-refractivity contribution in [3.63, 3.8) is 0 Å². The number of carboxylic acid groups (broad SMARTS) is 1. The highest BCUT2D eigenvalue weighted by molar-refractivity contribution is 8.03. The monoisotopic (exact) mass is 479 g/mol. The first-order chi connectivity index (χ1) is 15.5. The molecule has 2 fully saturated rings. The van der Waals surface area contributed by atoms with Gasteiger partial charge in [-0.2, -0.15) is 0 Å². The summed E-state index contributed by atoms with van der Waals surface area (Å²) in [6.45, 7) is 8.75. The molecule has 180 valence electrons. The number of aliphatic carboxylic acids is 1. The second-order valence-electron chi connectivity index (χ2n) is 8.55. The number of aliphatic hydroxyl groups excluding tert-OH is 1. The second-order valence-corrected chi connectivity index (χ2v) is 9.89. The van der Waals surface area contributed by atoms with Crippen LogP contribution in [0.1, 0.15) is 27.2 Å². The third-order valence-electron chi connectivity index (χ3n) is 6.30. The van der Waals surface area contributed by atoms with Crippen molar-refractivity contribution < 1.29 is 34.1 Å². The molecule has 0 aromatic heterocycles. The Balaban J connectivity index is 1.86. The first-order valence-corrected chi connectivity index (χ1v) is 11.5. The molecule has 0 radical (unpaired) electrons. The van der Waals surface area contributed by atoms with E-state index in [2.05, 4.69) is 6.58 Å². The quantitative estimate of drug-likeness (QED) is 0.266. The van der Waals surface area contributed by atoms with E-state index in [9.17, 15) is 29.4 Å². The maximum atomic E-state index is 12.6. The van der Waals surface area contributed by atoms with Crippen molar-refractivity contribution in [2.24, 2.45) is 17.6 Å². The molecule has 33 heavy (non-hydrogen) atoms. The number of thioether (sulfide) groups is 1. The molecule has 3 heterocycles. The minimum atomic E-state index is -1.20. The average Bonchev–Trinajstić information content (AvgIpc) is 3.23. The van der Waals surface area contributed by atoms with Crippen molar-refractivity contribution >= 4 is 35.6 Å². The molecule has 6 atom stereocenters. The maximum Gasteiger partial charge on any atom is 0.410 e. The van der Waals surface area contributed by atoms with E-state index in [1.54, 1.807) is 13.0 Å². The summed E-state index contributed by atoms with van der Waals surface area (Å²) in [4.78, 5) is 52.0. The molecule has 3 aliphatic heterocycles. The normalized spacial score (nSPS) is 30.1. The van der Waals surface area contributed by atoms with Gasteiger partial charge in [-0.3, -0.25) is 9.59 Å². The zero-order valence-corrected chi connectivity index (χ0v) is 19.6. The molecule has 0 saturated carbocycles. The number of carbonyl (C=O) groups excluding carboxylic acids is 3. The van der Waals surface area contributed by atoms with Gasteiger partial charge < -0.3 is 30.5 Å². The summed E-state index contributed by atoms with van der Waals surface area (Å²) in [6, 6.07) is -0.865. The van der Waals surface area contributed by atoms with Crippen LogP contribution < -0.4 is 5.73 Å². The Bertz CT molecular complexity index is 944. The van der Waals surface area contributed by atoms with Crippen LogP contribution in [0.25, 0.3) is 0 Å². The molecule has 3 amide bonds. The van der Waals surface area contributed by atoms with Crippen LogP contribution in [0.2, 0.25) is 0 Å². The van der Waals surface area contributed by atoms with E-state index >= 15 is 0 Å². The summed E-state index contributed by atoms with van der Waals surface area (Å²) in [5.41, 5.74) is 5.59. The Labute approximate surface area is 196 Å². The zero-order chi connectivity index (χ0) is 24.6. The third kappa shape index (κ3) is 4.51. The average molecular weight is 480 g/mol. The lowest BCUT2D eigenvalue weighted by Crippen LogP contribution is -2.63. The minimum Gasteiger partial charge on any atom is -0.477 e. The number of amides is 3. The lowest BCUT2D eigenvalue weighted by Gasteiger charge is -2.46. The first-order valence-electron chi connectivity index (χ1n) is 10.7. The number of hydrogen-bond acceptors (Lipinski definition) is 7. The fourth-order valence-corrected chi connectivity index (χ4v) is 6.26. The summed E-state index contributed by atoms with van der Waals surface area (Å²) in [7, 11) is 0. The van der Waals surface area contributed by atoms with Crippen LogP contribution in [0.15, 0.2) is 34.9 Å². The van der Waals surface area contributed by atoms with Crippen molar-refractivity contribution in [3.05, 3.63) is 34.9 Å². The number of rotatable bonds is 8. The highest BCUT2D eigenvalue weighted by atomic mass is 32.2. The lowest BCUT2D eigenvalue weighted by atomic mass is 9.79. The number of ether oxygens (including phenoxy) is 1. The van der Waals surface area contributed by atoms with Gasteiger partial charge in [-0.25, -0.2) is 9.59 Å². The van der Waals surface area contributed by atoms with Crippen molar-refractivity contribution in [3.8, 4) is 0 Å². The molecule has 0 bridgehead atoms. The predicted octanol–water partition coefficient (Wildman–Crippen LogP) is 1.07. The number of hydrogen-bond donors (Lipinski definition) is 3. The van der Waals surface area contributed by atoms with Crippen LogP contribution in [0.4, 0.5) is 4.79 Å². The van der Waals surface area contributed by atoms with Crippen LogP contribution in [0, 0.1) is 11.8 Å². The molecule has 10 nitrogen and oxygen atoms in total. The molecule has 0 unspecified atom stereocenters. The topological polar surface area (TPSA) is 150 Å². The van der Waals surface area contributed by atoms with Gasteiger partial charge in [-0.05, 0) is 20.3 Å². The van der Waals surface area contributed by atoms with Crippen LogP contribution in [-0.2, 0) is 19.1 Å². The maximum absolute atomic E-state index is 12.6. The fourth-order valence-electron chi connectivity index (χ4n) is 4.72. The van der Waals surface area contributed by atoms with Gasteiger partial charge in [0.15, 0.2) is 0 Å². The van der Waals surface area contributed by atoms with Gasteiger partial charge in [0.25, 0.3) is 0 Å². The number of nitrogens with zero attached hydrogens (tertiary/aromatic N) is 2. The Morgan fingerprint density at radius 1 is 1.39 bits per heavy atom. The molecular weight excluding hydrogens is 450 g/mol. The summed E-state index contributed by atoms with van der Waals surface area (Å²) in [5.74, 6) is -3.12. The van der Waals surface area contributed by atoms with Crippen LogP contribution in [0.3, 0.4) is 0 Å². The first kappa shape index (κ1) is 24.8. The lowest BCUT2D eigenvalue weighted by molar-refractivity contribution is -0.163. The highest BCUT2D eigenvalue weighted by Crippen LogP contribution is 2.52. The van der Waals surface area contributed by atoms with E-state index in [1.165, 1.54) is 34.6 Å². The Morgan fingerprint density at radius 3 is 2.61 bits per heavy atom. The van der Waals surface area contributed by atoms with E-state index in [-0.39, 0.29) is 30.0 Å². The molecule has 3 aliphatic rings. The summed E-state index contributed by atoms with van der Waals surface area (Å²) in [6.07, 6.45) is 2.05. The molecule has 0 spiro atoms. The van der Waals surface area contributed by atoms with Crippen LogP contribution >= 0.6 is 11.8 Å². The number of fused-ring (bicyclic) bond motifs is 1. The molecule has 0 aliphatic carbocycles. The van der Waals surface area contributed by atoms with Gasteiger partial charge in [0.1, 0.15) is 12.3 Å². The van der Waals surface area contributed by atoms with E-state index in [0.717, 1.165) is 0 Å². The Hall–Kier alpha value is -2.79. The van der Waals surface area contributed by atoms with E-state index in [4.69, 9.17) is 10.5 Å². The largest absolute Gasteiger partial charge is 0.477 e. The smallest absolute Gasteiger partial charge is 0.410 e. The number of aliphatic hydroxyl groups is 1. The summed E-state index contributed by atoms with van der Waals surface area (Å²) >= 11 is 1.32. The van der Waals surface area contributed by atoms with Gasteiger partial charge in [-0.1, -0.05) is 25.7 Å². The minimum absolute atomic E-state index is 0.0310. The predicted molar refractivity (Wildman–Crippen MR) is 121 cm³/mol. The van der Waals surface area contributed by atoms with E-state index in [1.807, 2.05) is 6.92 Å². The van der Waals surface area contributed by atoms with Crippen molar-refractivity contribution in [1.29, 1.82) is 0 Å². The summed E-state index contributed by atoms with van der Waals surface area (Å²) < 4.78 is 5.17. The van der Waals surface area contributed by atoms with E-state index < -0.39 is 48.0 Å². The van der Waals surface area contributed by atoms with Crippen LogP contribution in [0.5, 0.6) is 0 Å². The SMILES string of the molecule is C=CCOC(=O)N1C[C@@H](SC2=C(C(=O)O)N3C(=O)[C@H]([C@@H](C)O)[C@H]3[C@H]2C)C[C@H]1/C=C(\C)C(N)=O.